The highest BCUT2D eigenvalue weighted by Gasteiger charge is 2.38. The molecule has 122 valence electrons. The lowest BCUT2D eigenvalue weighted by atomic mass is 10.0. The molecule has 1 N–H and O–H groups in total. The van der Waals surface area contributed by atoms with Gasteiger partial charge in [0.25, 0.3) is 10.0 Å². The molecule has 0 radical (unpaired) electrons. The molecule has 1 aromatic carbocycles. The number of aromatic amines is 1. The van der Waals surface area contributed by atoms with Crippen molar-refractivity contribution in [3.63, 3.8) is 0 Å². The van der Waals surface area contributed by atoms with Gasteiger partial charge in [-0.15, -0.1) is 0 Å². The summed E-state index contributed by atoms with van der Waals surface area (Å²) in [6, 6.07) is 9.19. The SMILES string of the molecule is CC1c2c[nH]nc2-c2ncccc2N1S(=O)(=O)c1ccc(Cl)cc1. The van der Waals surface area contributed by atoms with E-state index in [-0.39, 0.29) is 4.90 Å². The standard InChI is InChI=1S/C16H13ClN4O2S/c1-10-13-9-19-20-15(13)16-14(3-2-8-18-16)21(10)24(22,23)12-6-4-11(17)5-7-12/h2-10H,1H3,(H,19,20). The van der Waals surface area contributed by atoms with Crippen LogP contribution in [0.15, 0.2) is 53.7 Å². The smallest absolute Gasteiger partial charge is 0.264 e. The van der Waals surface area contributed by atoms with Crippen LogP contribution >= 0.6 is 11.6 Å². The Morgan fingerprint density at radius 1 is 1.17 bits per heavy atom. The quantitative estimate of drug-likeness (QED) is 0.759. The van der Waals surface area contributed by atoms with Crippen molar-refractivity contribution in [2.24, 2.45) is 0 Å². The Bertz CT molecular complexity index is 1010. The summed E-state index contributed by atoms with van der Waals surface area (Å²) in [5, 5.41) is 7.51. The maximum Gasteiger partial charge on any atom is 0.264 e. The van der Waals surface area contributed by atoms with Crippen LogP contribution in [0.1, 0.15) is 18.5 Å². The van der Waals surface area contributed by atoms with E-state index in [0.717, 1.165) is 5.56 Å². The number of rotatable bonds is 2. The molecule has 0 bridgehead atoms. The number of nitrogens with one attached hydrogen (secondary N) is 1. The molecule has 1 atom stereocenters. The Morgan fingerprint density at radius 3 is 2.67 bits per heavy atom. The zero-order valence-corrected chi connectivity index (χ0v) is 14.2. The molecule has 8 heteroatoms. The van der Waals surface area contributed by atoms with Gasteiger partial charge >= 0.3 is 0 Å². The summed E-state index contributed by atoms with van der Waals surface area (Å²) in [7, 11) is -3.77. The molecule has 0 fully saturated rings. The van der Waals surface area contributed by atoms with Crippen LogP contribution in [0.4, 0.5) is 5.69 Å². The predicted octanol–water partition coefficient (Wildman–Crippen LogP) is 3.40. The first-order valence-electron chi connectivity index (χ1n) is 7.29. The predicted molar refractivity (Wildman–Crippen MR) is 91.4 cm³/mol. The van der Waals surface area contributed by atoms with E-state index in [1.54, 1.807) is 36.7 Å². The van der Waals surface area contributed by atoms with Crippen LogP contribution in [-0.2, 0) is 10.0 Å². The average Bonchev–Trinajstić information content (AvgIpc) is 3.06. The van der Waals surface area contributed by atoms with Gasteiger partial charge in [0.05, 0.1) is 16.6 Å². The van der Waals surface area contributed by atoms with Gasteiger partial charge in [0.15, 0.2) is 0 Å². The number of fused-ring (bicyclic) bond motifs is 3. The first-order chi connectivity index (χ1) is 11.5. The number of pyridine rings is 1. The van der Waals surface area contributed by atoms with Gasteiger partial charge < -0.3 is 0 Å². The van der Waals surface area contributed by atoms with Crippen LogP contribution in [0.2, 0.25) is 5.02 Å². The van der Waals surface area contributed by atoms with Crippen molar-refractivity contribution in [1.82, 2.24) is 15.2 Å². The Morgan fingerprint density at radius 2 is 1.92 bits per heavy atom. The van der Waals surface area contributed by atoms with Crippen LogP contribution < -0.4 is 4.31 Å². The number of aromatic nitrogens is 3. The lowest BCUT2D eigenvalue weighted by Gasteiger charge is -2.34. The third-order valence-electron chi connectivity index (χ3n) is 4.09. The number of anilines is 1. The molecule has 4 rings (SSSR count). The largest absolute Gasteiger partial charge is 0.285 e. The second-order valence-electron chi connectivity index (χ2n) is 5.49. The number of halogens is 1. The molecule has 1 aliphatic heterocycles. The number of hydrogen-bond donors (Lipinski definition) is 1. The van der Waals surface area contributed by atoms with Gasteiger partial charge in [0, 0.05) is 23.0 Å². The van der Waals surface area contributed by atoms with Gasteiger partial charge in [-0.25, -0.2) is 8.42 Å². The summed E-state index contributed by atoms with van der Waals surface area (Å²) in [6.45, 7) is 1.83. The molecular formula is C16H13ClN4O2S. The van der Waals surface area contributed by atoms with E-state index in [1.807, 2.05) is 6.92 Å². The van der Waals surface area contributed by atoms with E-state index < -0.39 is 16.1 Å². The molecule has 0 amide bonds. The first-order valence-corrected chi connectivity index (χ1v) is 9.11. The van der Waals surface area contributed by atoms with Crippen molar-refractivity contribution in [3.8, 4) is 11.4 Å². The van der Waals surface area contributed by atoms with E-state index in [0.29, 0.717) is 22.1 Å². The van der Waals surface area contributed by atoms with Crippen molar-refractivity contribution in [2.75, 3.05) is 4.31 Å². The van der Waals surface area contributed by atoms with Gasteiger partial charge in [-0.1, -0.05) is 11.6 Å². The van der Waals surface area contributed by atoms with Crippen LogP contribution in [0, 0.1) is 0 Å². The molecule has 2 aromatic heterocycles. The third kappa shape index (κ3) is 2.12. The summed E-state index contributed by atoms with van der Waals surface area (Å²) >= 11 is 5.88. The lowest BCUT2D eigenvalue weighted by Crippen LogP contribution is -2.36. The fourth-order valence-electron chi connectivity index (χ4n) is 2.96. The Labute approximate surface area is 144 Å². The molecule has 0 aliphatic carbocycles. The molecule has 24 heavy (non-hydrogen) atoms. The maximum atomic E-state index is 13.2. The highest BCUT2D eigenvalue weighted by Crippen LogP contribution is 2.44. The highest BCUT2D eigenvalue weighted by atomic mass is 35.5. The van der Waals surface area contributed by atoms with E-state index in [2.05, 4.69) is 15.2 Å². The van der Waals surface area contributed by atoms with Gasteiger partial charge in [-0.2, -0.15) is 5.10 Å². The molecule has 0 saturated carbocycles. The van der Waals surface area contributed by atoms with Gasteiger partial charge in [-0.3, -0.25) is 14.4 Å². The molecule has 1 aliphatic rings. The molecule has 0 saturated heterocycles. The zero-order chi connectivity index (χ0) is 16.9. The van der Waals surface area contributed by atoms with Crippen LogP contribution in [-0.4, -0.2) is 23.6 Å². The normalized spacial score (nSPS) is 16.6. The van der Waals surface area contributed by atoms with Gasteiger partial charge in [0.2, 0.25) is 0 Å². The van der Waals surface area contributed by atoms with Crippen molar-refractivity contribution in [3.05, 3.63) is 59.4 Å². The monoisotopic (exact) mass is 360 g/mol. The number of H-pyrrole nitrogens is 1. The van der Waals surface area contributed by atoms with Crippen LogP contribution in [0.3, 0.4) is 0 Å². The summed E-state index contributed by atoms with van der Waals surface area (Å²) in [5.41, 5.74) is 2.53. The number of benzene rings is 1. The second-order valence-corrected chi connectivity index (χ2v) is 7.74. The lowest BCUT2D eigenvalue weighted by molar-refractivity contribution is 0.582. The number of nitrogens with zero attached hydrogens (tertiary/aromatic N) is 3. The molecule has 3 heterocycles. The zero-order valence-electron chi connectivity index (χ0n) is 12.6. The van der Waals surface area contributed by atoms with E-state index in [1.165, 1.54) is 16.4 Å². The van der Waals surface area contributed by atoms with Gasteiger partial charge in [0.1, 0.15) is 11.4 Å². The minimum Gasteiger partial charge on any atom is -0.285 e. The third-order valence-corrected chi connectivity index (χ3v) is 6.24. The number of hydrogen-bond acceptors (Lipinski definition) is 4. The van der Waals surface area contributed by atoms with Crippen LogP contribution in [0.5, 0.6) is 0 Å². The maximum absolute atomic E-state index is 13.2. The Balaban J connectivity index is 1.94. The highest BCUT2D eigenvalue weighted by molar-refractivity contribution is 7.92. The Kier molecular flexibility index (Phi) is 3.36. The summed E-state index contributed by atoms with van der Waals surface area (Å²) < 4.78 is 27.8. The van der Waals surface area contributed by atoms with Crippen molar-refractivity contribution >= 4 is 27.3 Å². The Hall–Kier alpha value is -2.38. The fraction of sp³-hybridized carbons (Fsp3) is 0.125. The molecule has 3 aromatic rings. The molecule has 0 spiro atoms. The second kappa shape index (κ2) is 5.32. The van der Waals surface area contributed by atoms with E-state index >= 15 is 0 Å². The first kappa shape index (κ1) is 15.2. The summed E-state index contributed by atoms with van der Waals surface area (Å²) in [4.78, 5) is 4.51. The average molecular weight is 361 g/mol. The molecular weight excluding hydrogens is 348 g/mol. The van der Waals surface area contributed by atoms with Crippen molar-refractivity contribution < 1.29 is 8.42 Å². The van der Waals surface area contributed by atoms with Crippen molar-refractivity contribution in [2.45, 2.75) is 17.9 Å². The topological polar surface area (TPSA) is 79.0 Å². The summed E-state index contributed by atoms with van der Waals surface area (Å²) in [6.07, 6.45) is 3.34. The fourth-order valence-corrected chi connectivity index (χ4v) is 4.73. The van der Waals surface area contributed by atoms with Crippen molar-refractivity contribution in [1.29, 1.82) is 0 Å². The minimum atomic E-state index is -3.77. The van der Waals surface area contributed by atoms with Crippen LogP contribution in [0.25, 0.3) is 11.4 Å². The molecule has 6 nitrogen and oxygen atoms in total. The minimum absolute atomic E-state index is 0.181. The van der Waals surface area contributed by atoms with Gasteiger partial charge in [-0.05, 0) is 43.3 Å². The summed E-state index contributed by atoms with van der Waals surface area (Å²) in [5.74, 6) is 0. The van der Waals surface area contributed by atoms with E-state index in [4.69, 9.17) is 11.6 Å². The molecule has 1 unspecified atom stereocenters. The number of sulfonamides is 1. The van der Waals surface area contributed by atoms with E-state index in [9.17, 15) is 8.42 Å².